The van der Waals surface area contributed by atoms with Crippen molar-refractivity contribution < 1.29 is 8.78 Å². The minimum atomic E-state index is -0.774. The quantitative estimate of drug-likeness (QED) is 0.811. The lowest BCUT2D eigenvalue weighted by atomic mass is 9.83. The van der Waals surface area contributed by atoms with E-state index >= 15 is 0 Å². The predicted molar refractivity (Wildman–Crippen MR) is 76.2 cm³/mol. The molecule has 0 radical (unpaired) electrons. The highest BCUT2D eigenvalue weighted by molar-refractivity contribution is 5.17. The van der Waals surface area contributed by atoms with E-state index in [1.807, 2.05) is 0 Å². The molecule has 1 aromatic rings. The molecule has 1 atom stereocenters. The third-order valence-electron chi connectivity index (χ3n) is 3.44. The SMILES string of the molecule is CCNC(CCCc1ccc(F)c(F)c1)C(C)(C)C. The fourth-order valence-electron chi connectivity index (χ4n) is 2.29. The van der Waals surface area contributed by atoms with Gasteiger partial charge in [0, 0.05) is 6.04 Å². The molecule has 0 amide bonds. The Balaban J connectivity index is 2.49. The molecule has 19 heavy (non-hydrogen) atoms. The molecule has 3 heteroatoms. The van der Waals surface area contributed by atoms with E-state index in [2.05, 4.69) is 33.0 Å². The third kappa shape index (κ3) is 5.27. The van der Waals surface area contributed by atoms with E-state index in [9.17, 15) is 8.78 Å². The fraction of sp³-hybridized carbons (Fsp3) is 0.625. The normalized spacial score (nSPS) is 13.6. The first-order valence-corrected chi connectivity index (χ1v) is 7.02. The van der Waals surface area contributed by atoms with Crippen molar-refractivity contribution in [1.82, 2.24) is 5.32 Å². The van der Waals surface area contributed by atoms with E-state index in [1.54, 1.807) is 6.07 Å². The summed E-state index contributed by atoms with van der Waals surface area (Å²) in [5.74, 6) is -1.53. The zero-order valence-corrected chi connectivity index (χ0v) is 12.4. The van der Waals surface area contributed by atoms with E-state index in [-0.39, 0.29) is 5.41 Å². The average molecular weight is 269 g/mol. The lowest BCUT2D eigenvalue weighted by molar-refractivity contribution is 0.254. The first-order valence-electron chi connectivity index (χ1n) is 7.02. The maximum absolute atomic E-state index is 13.1. The van der Waals surface area contributed by atoms with Crippen LogP contribution < -0.4 is 5.32 Å². The topological polar surface area (TPSA) is 12.0 Å². The summed E-state index contributed by atoms with van der Waals surface area (Å²) in [6, 6.07) is 4.62. The Morgan fingerprint density at radius 2 is 1.84 bits per heavy atom. The number of hydrogen-bond acceptors (Lipinski definition) is 1. The van der Waals surface area contributed by atoms with Crippen LogP contribution >= 0.6 is 0 Å². The Morgan fingerprint density at radius 1 is 1.16 bits per heavy atom. The molecule has 0 bridgehead atoms. The monoisotopic (exact) mass is 269 g/mol. The van der Waals surface area contributed by atoms with E-state index in [0.717, 1.165) is 31.4 Å². The van der Waals surface area contributed by atoms with E-state index in [0.29, 0.717) is 6.04 Å². The van der Waals surface area contributed by atoms with Crippen LogP contribution in [0.5, 0.6) is 0 Å². The summed E-state index contributed by atoms with van der Waals surface area (Å²) >= 11 is 0. The summed E-state index contributed by atoms with van der Waals surface area (Å²) in [7, 11) is 0. The molecule has 0 heterocycles. The van der Waals surface area contributed by atoms with Crippen LogP contribution in [-0.4, -0.2) is 12.6 Å². The van der Waals surface area contributed by atoms with E-state index < -0.39 is 11.6 Å². The Kier molecular flexibility index (Phi) is 5.92. The van der Waals surface area contributed by atoms with Crippen molar-refractivity contribution in [2.24, 2.45) is 5.41 Å². The summed E-state index contributed by atoms with van der Waals surface area (Å²) in [6.07, 6.45) is 2.80. The van der Waals surface area contributed by atoms with Crippen LogP contribution in [-0.2, 0) is 6.42 Å². The van der Waals surface area contributed by atoms with Gasteiger partial charge in [-0.3, -0.25) is 0 Å². The minimum absolute atomic E-state index is 0.212. The lowest BCUT2D eigenvalue weighted by Gasteiger charge is -2.31. The number of nitrogens with one attached hydrogen (secondary N) is 1. The van der Waals surface area contributed by atoms with Gasteiger partial charge in [-0.1, -0.05) is 33.8 Å². The smallest absolute Gasteiger partial charge is 0.159 e. The van der Waals surface area contributed by atoms with Gasteiger partial charge in [-0.25, -0.2) is 8.78 Å². The van der Waals surface area contributed by atoms with Crippen molar-refractivity contribution >= 4 is 0 Å². The summed E-state index contributed by atoms with van der Waals surface area (Å²) in [5.41, 5.74) is 1.08. The Hall–Kier alpha value is -0.960. The van der Waals surface area contributed by atoms with Gasteiger partial charge in [0.05, 0.1) is 0 Å². The summed E-state index contributed by atoms with van der Waals surface area (Å²) < 4.78 is 25.9. The van der Waals surface area contributed by atoms with Gasteiger partial charge in [-0.2, -0.15) is 0 Å². The van der Waals surface area contributed by atoms with Crippen LogP contribution in [0, 0.1) is 17.0 Å². The predicted octanol–water partition coefficient (Wildman–Crippen LogP) is 4.31. The van der Waals surface area contributed by atoms with Crippen LogP contribution in [0.3, 0.4) is 0 Å². The molecule has 108 valence electrons. The molecule has 1 unspecified atom stereocenters. The number of rotatable bonds is 6. The summed E-state index contributed by atoms with van der Waals surface area (Å²) in [5, 5.41) is 3.50. The third-order valence-corrected chi connectivity index (χ3v) is 3.44. The molecule has 0 spiro atoms. The largest absolute Gasteiger partial charge is 0.314 e. The van der Waals surface area contributed by atoms with Gasteiger partial charge in [-0.05, 0) is 48.9 Å². The Labute approximate surface area is 115 Å². The van der Waals surface area contributed by atoms with Crippen molar-refractivity contribution in [2.75, 3.05) is 6.54 Å². The van der Waals surface area contributed by atoms with E-state index in [1.165, 1.54) is 12.1 Å². The molecule has 0 aliphatic rings. The van der Waals surface area contributed by atoms with Crippen molar-refractivity contribution in [3.05, 3.63) is 35.4 Å². The molecule has 0 aliphatic heterocycles. The molecule has 0 aliphatic carbocycles. The van der Waals surface area contributed by atoms with Crippen molar-refractivity contribution in [3.8, 4) is 0 Å². The van der Waals surface area contributed by atoms with Gasteiger partial charge >= 0.3 is 0 Å². The van der Waals surface area contributed by atoms with Crippen molar-refractivity contribution in [2.45, 2.75) is 53.0 Å². The maximum Gasteiger partial charge on any atom is 0.159 e. The molecule has 1 aromatic carbocycles. The molecule has 0 saturated carbocycles. The maximum atomic E-state index is 13.1. The minimum Gasteiger partial charge on any atom is -0.314 e. The van der Waals surface area contributed by atoms with Crippen LogP contribution in [0.2, 0.25) is 0 Å². The molecule has 0 saturated heterocycles. The van der Waals surface area contributed by atoms with Gasteiger partial charge < -0.3 is 5.32 Å². The average Bonchev–Trinajstić information content (AvgIpc) is 2.31. The van der Waals surface area contributed by atoms with Gasteiger partial charge in [0.15, 0.2) is 11.6 Å². The first kappa shape index (κ1) is 16.1. The first-order chi connectivity index (χ1) is 8.84. The summed E-state index contributed by atoms with van der Waals surface area (Å²) in [4.78, 5) is 0. The molecular formula is C16H25F2N. The van der Waals surface area contributed by atoms with Crippen LogP contribution in [0.1, 0.15) is 46.1 Å². The van der Waals surface area contributed by atoms with Crippen molar-refractivity contribution in [3.63, 3.8) is 0 Å². The highest BCUT2D eigenvalue weighted by atomic mass is 19.2. The number of benzene rings is 1. The van der Waals surface area contributed by atoms with Gasteiger partial charge in [0.1, 0.15) is 0 Å². The Morgan fingerprint density at radius 3 is 2.37 bits per heavy atom. The molecule has 1 N–H and O–H groups in total. The second kappa shape index (κ2) is 6.99. The van der Waals surface area contributed by atoms with Gasteiger partial charge in [0.2, 0.25) is 0 Å². The molecule has 0 fully saturated rings. The van der Waals surface area contributed by atoms with Crippen molar-refractivity contribution in [1.29, 1.82) is 0 Å². The fourth-order valence-corrected chi connectivity index (χ4v) is 2.29. The highest BCUT2D eigenvalue weighted by Crippen LogP contribution is 2.23. The molecular weight excluding hydrogens is 244 g/mol. The number of hydrogen-bond donors (Lipinski definition) is 1. The second-order valence-electron chi connectivity index (χ2n) is 6.12. The summed E-state index contributed by atoms with van der Waals surface area (Å²) in [6.45, 7) is 9.72. The highest BCUT2D eigenvalue weighted by Gasteiger charge is 2.22. The second-order valence-corrected chi connectivity index (χ2v) is 6.12. The number of aryl methyl sites for hydroxylation is 1. The molecule has 0 aromatic heterocycles. The zero-order chi connectivity index (χ0) is 14.5. The van der Waals surface area contributed by atoms with Crippen LogP contribution in [0.25, 0.3) is 0 Å². The molecule has 1 rings (SSSR count). The van der Waals surface area contributed by atoms with Gasteiger partial charge in [-0.15, -0.1) is 0 Å². The zero-order valence-electron chi connectivity index (χ0n) is 12.4. The standard InChI is InChI=1S/C16H25F2N/c1-5-19-15(16(2,3)4)8-6-7-12-9-10-13(17)14(18)11-12/h9-11,15,19H,5-8H2,1-4H3. The number of halogens is 2. The van der Waals surface area contributed by atoms with E-state index in [4.69, 9.17) is 0 Å². The van der Waals surface area contributed by atoms with Crippen LogP contribution in [0.4, 0.5) is 8.78 Å². The molecule has 1 nitrogen and oxygen atoms in total. The van der Waals surface area contributed by atoms with Crippen LogP contribution in [0.15, 0.2) is 18.2 Å². The van der Waals surface area contributed by atoms with Gasteiger partial charge in [0.25, 0.3) is 0 Å². The lowest BCUT2D eigenvalue weighted by Crippen LogP contribution is -2.40. The Bertz CT molecular complexity index is 396.